The average Bonchev–Trinajstić information content (AvgIpc) is 2.96. The Morgan fingerprint density at radius 2 is 1.52 bits per heavy atom. The summed E-state index contributed by atoms with van der Waals surface area (Å²) in [4.78, 5) is 43.7. The summed E-state index contributed by atoms with van der Waals surface area (Å²) in [6.45, 7) is 5.80. The van der Waals surface area contributed by atoms with Crippen LogP contribution in [0.5, 0.6) is 0 Å². The van der Waals surface area contributed by atoms with E-state index in [0.29, 0.717) is 16.8 Å². The molecule has 0 aliphatic rings. The minimum absolute atomic E-state index is 0.0806. The number of hydrogen-bond acceptors (Lipinski definition) is 5. The summed E-state index contributed by atoms with van der Waals surface area (Å²) < 4.78 is 0. The zero-order valence-electron chi connectivity index (χ0n) is 22.5. The van der Waals surface area contributed by atoms with Gasteiger partial charge in [0.2, 0.25) is 5.91 Å². The van der Waals surface area contributed by atoms with E-state index in [9.17, 15) is 14.4 Å². The van der Waals surface area contributed by atoms with Crippen LogP contribution in [0, 0.1) is 13.8 Å². The van der Waals surface area contributed by atoms with E-state index >= 15 is 0 Å². The number of nitrogens with one attached hydrogen (secondary N) is 3. The van der Waals surface area contributed by atoms with Crippen molar-refractivity contribution in [1.29, 1.82) is 0 Å². The molecule has 0 fully saturated rings. The fourth-order valence-corrected chi connectivity index (χ4v) is 4.75. The van der Waals surface area contributed by atoms with Gasteiger partial charge in [0.1, 0.15) is 5.70 Å². The van der Waals surface area contributed by atoms with E-state index < -0.39 is 11.8 Å². The van der Waals surface area contributed by atoms with Crippen LogP contribution in [0.25, 0.3) is 6.08 Å². The summed E-state index contributed by atoms with van der Waals surface area (Å²) in [5.74, 6) is -0.959. The highest BCUT2D eigenvalue weighted by atomic mass is 32.2. The minimum Gasteiger partial charge on any atom is -0.325 e. The van der Waals surface area contributed by atoms with Crippen molar-refractivity contribution in [3.05, 3.63) is 125 Å². The van der Waals surface area contributed by atoms with Crippen LogP contribution in [0.1, 0.15) is 34.0 Å². The van der Waals surface area contributed by atoms with E-state index in [1.807, 2.05) is 57.2 Å². The molecule has 0 saturated heterocycles. The van der Waals surface area contributed by atoms with Crippen molar-refractivity contribution < 1.29 is 14.4 Å². The molecule has 1 atom stereocenters. The predicted molar refractivity (Wildman–Crippen MR) is 161 cm³/mol. The Bertz CT molecular complexity index is 1500. The lowest BCUT2D eigenvalue weighted by Gasteiger charge is -2.16. The second-order valence-corrected chi connectivity index (χ2v) is 10.6. The molecule has 1 heterocycles. The number of benzene rings is 3. The molecule has 40 heavy (non-hydrogen) atoms. The summed E-state index contributed by atoms with van der Waals surface area (Å²) >= 11 is 1.42. The third-order valence-electron chi connectivity index (χ3n) is 6.05. The number of anilines is 2. The fraction of sp³-hybridized carbons (Fsp3) is 0.125. The van der Waals surface area contributed by atoms with Crippen LogP contribution in [0.4, 0.5) is 11.4 Å². The van der Waals surface area contributed by atoms with Crippen molar-refractivity contribution in [3.63, 3.8) is 0 Å². The third-order valence-corrected chi connectivity index (χ3v) is 7.16. The van der Waals surface area contributed by atoms with E-state index in [0.717, 1.165) is 21.7 Å². The van der Waals surface area contributed by atoms with Crippen molar-refractivity contribution in [3.8, 4) is 0 Å². The smallest absolute Gasteiger partial charge is 0.272 e. The van der Waals surface area contributed by atoms with Crippen molar-refractivity contribution in [2.75, 3.05) is 10.6 Å². The molecule has 4 aromatic rings. The molecule has 0 saturated carbocycles. The van der Waals surface area contributed by atoms with Gasteiger partial charge in [-0.05, 0) is 86.0 Å². The standard InChI is InChI=1S/C32H30N4O3S/c1-21-9-7-10-22(2)29(21)36-30(37)23(3)40-27-16-14-26(15-17-27)34-32(39)28(19-24-11-8-18-33-20-24)35-31(38)25-12-5-4-6-13-25/h4-20,23H,1-3H3,(H,34,39)(H,35,38)(H,36,37)/b28-19-. The molecule has 3 N–H and O–H groups in total. The molecule has 0 aliphatic carbocycles. The lowest BCUT2D eigenvalue weighted by molar-refractivity contribution is -0.115. The van der Waals surface area contributed by atoms with Crippen molar-refractivity contribution in [2.24, 2.45) is 0 Å². The number of carbonyl (C=O) groups is 3. The zero-order chi connectivity index (χ0) is 28.5. The average molecular weight is 551 g/mol. The van der Waals surface area contributed by atoms with Gasteiger partial charge in [0.25, 0.3) is 11.8 Å². The van der Waals surface area contributed by atoms with Crippen molar-refractivity contribution >= 4 is 46.9 Å². The Morgan fingerprint density at radius 3 is 2.17 bits per heavy atom. The van der Waals surface area contributed by atoms with Gasteiger partial charge >= 0.3 is 0 Å². The quantitative estimate of drug-likeness (QED) is 0.170. The Balaban J connectivity index is 1.42. The SMILES string of the molecule is Cc1cccc(C)c1NC(=O)C(C)Sc1ccc(NC(=O)/C(=C/c2cccnc2)NC(=O)c2ccccc2)cc1. The Kier molecular flexibility index (Phi) is 9.48. The summed E-state index contributed by atoms with van der Waals surface area (Å²) in [5, 5.41) is 8.25. The molecule has 4 rings (SSSR count). The number of pyridine rings is 1. The number of aromatic nitrogens is 1. The van der Waals surface area contributed by atoms with Crippen LogP contribution in [0.15, 0.2) is 108 Å². The molecule has 202 valence electrons. The monoisotopic (exact) mass is 550 g/mol. The number of hydrogen-bond donors (Lipinski definition) is 3. The second kappa shape index (κ2) is 13.4. The Hall–Kier alpha value is -4.69. The van der Waals surface area contributed by atoms with E-state index in [2.05, 4.69) is 20.9 Å². The number of carbonyl (C=O) groups excluding carboxylic acids is 3. The maximum atomic E-state index is 13.2. The van der Waals surface area contributed by atoms with Crippen LogP contribution in [0.3, 0.4) is 0 Å². The first-order valence-corrected chi connectivity index (χ1v) is 13.6. The molecular weight excluding hydrogens is 520 g/mol. The Morgan fingerprint density at radius 1 is 0.825 bits per heavy atom. The largest absolute Gasteiger partial charge is 0.325 e. The van der Waals surface area contributed by atoms with Crippen LogP contribution in [0.2, 0.25) is 0 Å². The van der Waals surface area contributed by atoms with Gasteiger partial charge in [-0.15, -0.1) is 11.8 Å². The van der Waals surface area contributed by atoms with Crippen molar-refractivity contribution in [1.82, 2.24) is 10.3 Å². The topological polar surface area (TPSA) is 100 Å². The van der Waals surface area contributed by atoms with Crippen LogP contribution in [-0.4, -0.2) is 28.0 Å². The number of nitrogens with zero attached hydrogens (tertiary/aromatic N) is 1. The molecule has 1 unspecified atom stereocenters. The first-order valence-electron chi connectivity index (χ1n) is 12.7. The highest BCUT2D eigenvalue weighted by molar-refractivity contribution is 8.00. The van der Waals surface area contributed by atoms with E-state index in [-0.39, 0.29) is 16.9 Å². The van der Waals surface area contributed by atoms with Crippen LogP contribution >= 0.6 is 11.8 Å². The summed E-state index contributed by atoms with van der Waals surface area (Å²) in [6, 6.07) is 25.3. The summed E-state index contributed by atoms with van der Waals surface area (Å²) in [7, 11) is 0. The lowest BCUT2D eigenvalue weighted by atomic mass is 10.1. The molecule has 3 amide bonds. The molecule has 8 heteroatoms. The third kappa shape index (κ3) is 7.68. The van der Waals surface area contributed by atoms with Gasteiger partial charge in [0.15, 0.2) is 0 Å². The van der Waals surface area contributed by atoms with Gasteiger partial charge in [-0.1, -0.05) is 42.5 Å². The highest BCUT2D eigenvalue weighted by Crippen LogP contribution is 2.27. The molecular formula is C32H30N4O3S. The van der Waals surface area contributed by atoms with Gasteiger partial charge in [0, 0.05) is 34.2 Å². The number of thioether (sulfide) groups is 1. The first kappa shape index (κ1) is 28.3. The van der Waals surface area contributed by atoms with Gasteiger partial charge in [0.05, 0.1) is 5.25 Å². The number of rotatable bonds is 9. The fourth-order valence-electron chi connectivity index (χ4n) is 3.88. The predicted octanol–water partition coefficient (Wildman–Crippen LogP) is 6.23. The van der Waals surface area contributed by atoms with Gasteiger partial charge in [-0.2, -0.15) is 0 Å². The lowest BCUT2D eigenvalue weighted by Crippen LogP contribution is -2.30. The summed E-state index contributed by atoms with van der Waals surface area (Å²) in [6.07, 6.45) is 4.81. The van der Waals surface area contributed by atoms with Gasteiger partial charge < -0.3 is 16.0 Å². The molecule has 0 aliphatic heterocycles. The molecule has 0 spiro atoms. The maximum Gasteiger partial charge on any atom is 0.272 e. The van der Waals surface area contributed by atoms with Gasteiger partial charge in [-0.3, -0.25) is 19.4 Å². The first-order chi connectivity index (χ1) is 19.3. The molecule has 3 aromatic carbocycles. The molecule has 1 aromatic heterocycles. The number of amides is 3. The van der Waals surface area contributed by atoms with Crippen LogP contribution in [-0.2, 0) is 9.59 Å². The highest BCUT2D eigenvalue weighted by Gasteiger charge is 2.18. The van der Waals surface area contributed by atoms with Crippen molar-refractivity contribution in [2.45, 2.75) is 30.9 Å². The molecule has 0 radical (unpaired) electrons. The summed E-state index contributed by atoms with van der Waals surface area (Å²) in [5.41, 5.74) is 4.60. The zero-order valence-corrected chi connectivity index (χ0v) is 23.3. The van der Waals surface area contributed by atoms with E-state index in [1.54, 1.807) is 67.0 Å². The minimum atomic E-state index is -0.477. The normalized spacial score (nSPS) is 11.8. The van der Waals surface area contributed by atoms with E-state index in [1.165, 1.54) is 11.8 Å². The number of para-hydroxylation sites is 1. The second-order valence-electron chi connectivity index (χ2n) is 9.16. The molecule has 0 bridgehead atoms. The van der Waals surface area contributed by atoms with E-state index in [4.69, 9.17) is 0 Å². The molecule has 7 nitrogen and oxygen atoms in total. The Labute approximate surface area is 238 Å². The van der Waals surface area contributed by atoms with Gasteiger partial charge in [-0.25, -0.2) is 0 Å². The maximum absolute atomic E-state index is 13.2. The number of aryl methyl sites for hydroxylation is 2. The van der Waals surface area contributed by atoms with Crippen LogP contribution < -0.4 is 16.0 Å².